The number of nitrogens with zero attached hydrogens (tertiary/aromatic N) is 1. The van der Waals surface area contributed by atoms with Crippen LogP contribution in [0.5, 0.6) is 5.75 Å². The van der Waals surface area contributed by atoms with Gasteiger partial charge in [0.1, 0.15) is 5.75 Å². The van der Waals surface area contributed by atoms with Gasteiger partial charge >= 0.3 is 0 Å². The molecule has 0 aliphatic heterocycles. The highest BCUT2D eigenvalue weighted by molar-refractivity contribution is 7.08. The van der Waals surface area contributed by atoms with Gasteiger partial charge in [0.2, 0.25) is 5.91 Å². The van der Waals surface area contributed by atoms with Gasteiger partial charge in [-0.15, -0.1) is 0 Å². The van der Waals surface area contributed by atoms with Crippen LogP contribution in [0.3, 0.4) is 0 Å². The van der Waals surface area contributed by atoms with E-state index in [-0.39, 0.29) is 29.6 Å². The van der Waals surface area contributed by atoms with E-state index in [1.54, 1.807) is 11.4 Å². The predicted molar refractivity (Wildman–Crippen MR) is 94.2 cm³/mol. The number of carbonyl (C=O) groups is 2. The summed E-state index contributed by atoms with van der Waals surface area (Å²) in [6.45, 7) is 0.355. The van der Waals surface area contributed by atoms with E-state index in [2.05, 4.69) is 10.6 Å². The van der Waals surface area contributed by atoms with Crippen molar-refractivity contribution in [2.45, 2.75) is 12.8 Å². The number of hydrogen-bond donors (Lipinski definition) is 2. The van der Waals surface area contributed by atoms with Crippen LogP contribution in [0, 0.1) is 10.1 Å². The molecule has 2 aromatic rings. The normalized spacial score (nSPS) is 10.1. The lowest BCUT2D eigenvalue weighted by atomic mass is 10.2. The summed E-state index contributed by atoms with van der Waals surface area (Å²) < 4.78 is 5.09. The van der Waals surface area contributed by atoms with E-state index in [1.807, 2.05) is 5.38 Å². The number of amides is 2. The van der Waals surface area contributed by atoms with Gasteiger partial charge in [-0.25, -0.2) is 0 Å². The largest absolute Gasteiger partial charge is 0.495 e. The summed E-state index contributed by atoms with van der Waals surface area (Å²) in [5.74, 6) is -0.157. The molecule has 0 unspecified atom stereocenters. The molecule has 132 valence electrons. The maximum absolute atomic E-state index is 12.0. The predicted octanol–water partition coefficient (Wildman–Crippen LogP) is 2.81. The molecule has 2 N–H and O–H groups in total. The van der Waals surface area contributed by atoms with Gasteiger partial charge in [-0.3, -0.25) is 19.7 Å². The second-order valence-corrected chi connectivity index (χ2v) is 5.84. The molecule has 0 radical (unpaired) electrons. The third-order valence-corrected chi connectivity index (χ3v) is 4.00. The number of anilines is 1. The molecule has 1 aromatic heterocycles. The molecule has 2 amide bonds. The van der Waals surface area contributed by atoms with Crippen LogP contribution in [-0.4, -0.2) is 30.4 Å². The Bertz CT molecular complexity index is 761. The number of thiophene rings is 1. The SMILES string of the molecule is COc1ccc([N+](=O)[O-])cc1NC(=O)CCCNC(=O)c1ccsc1. The third-order valence-electron chi connectivity index (χ3n) is 3.32. The first kappa shape index (κ1) is 18.4. The first-order chi connectivity index (χ1) is 12.0. The molecule has 1 aromatic carbocycles. The average molecular weight is 363 g/mol. The minimum Gasteiger partial charge on any atom is -0.495 e. The van der Waals surface area contributed by atoms with Crippen molar-refractivity contribution < 1.29 is 19.2 Å². The van der Waals surface area contributed by atoms with Crippen molar-refractivity contribution in [3.8, 4) is 5.75 Å². The molecule has 0 saturated carbocycles. The van der Waals surface area contributed by atoms with Gasteiger partial charge < -0.3 is 15.4 Å². The fourth-order valence-corrected chi connectivity index (χ4v) is 2.70. The van der Waals surface area contributed by atoms with Crippen LogP contribution >= 0.6 is 11.3 Å². The fourth-order valence-electron chi connectivity index (χ4n) is 2.07. The summed E-state index contributed by atoms with van der Waals surface area (Å²) in [7, 11) is 1.41. The Hall–Kier alpha value is -2.94. The summed E-state index contributed by atoms with van der Waals surface area (Å²) in [5.41, 5.74) is 0.693. The summed E-state index contributed by atoms with van der Waals surface area (Å²) in [5, 5.41) is 19.7. The molecule has 0 aliphatic carbocycles. The first-order valence-electron chi connectivity index (χ1n) is 7.44. The van der Waals surface area contributed by atoms with Crippen molar-refractivity contribution in [2.24, 2.45) is 0 Å². The van der Waals surface area contributed by atoms with Gasteiger partial charge in [-0.05, 0) is 23.9 Å². The monoisotopic (exact) mass is 363 g/mol. The van der Waals surface area contributed by atoms with Crippen LogP contribution in [0.1, 0.15) is 23.2 Å². The van der Waals surface area contributed by atoms with Crippen molar-refractivity contribution in [1.82, 2.24) is 5.32 Å². The van der Waals surface area contributed by atoms with E-state index in [4.69, 9.17) is 4.74 Å². The van der Waals surface area contributed by atoms with Gasteiger partial charge in [0.05, 0.1) is 17.7 Å². The Balaban J connectivity index is 1.83. The Morgan fingerprint density at radius 3 is 2.76 bits per heavy atom. The zero-order chi connectivity index (χ0) is 18.2. The number of carbonyl (C=O) groups excluding carboxylic acids is 2. The molecule has 0 fully saturated rings. The fraction of sp³-hybridized carbons (Fsp3) is 0.250. The highest BCUT2D eigenvalue weighted by Crippen LogP contribution is 2.28. The summed E-state index contributed by atoms with van der Waals surface area (Å²) in [4.78, 5) is 34.0. The first-order valence-corrected chi connectivity index (χ1v) is 8.38. The Kier molecular flexibility index (Phi) is 6.47. The second kappa shape index (κ2) is 8.78. The third kappa shape index (κ3) is 5.28. The smallest absolute Gasteiger partial charge is 0.271 e. The molecule has 25 heavy (non-hydrogen) atoms. The number of nitro groups is 1. The van der Waals surface area contributed by atoms with Crippen LogP contribution in [0.15, 0.2) is 35.0 Å². The van der Waals surface area contributed by atoms with Crippen molar-refractivity contribution in [3.63, 3.8) is 0 Å². The molecule has 8 nitrogen and oxygen atoms in total. The Labute approximate surface area is 148 Å². The summed E-state index contributed by atoms with van der Waals surface area (Å²) in [6, 6.07) is 5.69. The minimum absolute atomic E-state index is 0.140. The number of benzene rings is 1. The van der Waals surface area contributed by atoms with Crippen LogP contribution < -0.4 is 15.4 Å². The number of methoxy groups -OCH3 is 1. The van der Waals surface area contributed by atoms with Crippen molar-refractivity contribution in [2.75, 3.05) is 19.0 Å². The molecule has 0 bridgehead atoms. The van der Waals surface area contributed by atoms with Crippen LogP contribution in [0.4, 0.5) is 11.4 Å². The molecule has 0 saturated heterocycles. The number of nitrogens with one attached hydrogen (secondary N) is 2. The highest BCUT2D eigenvalue weighted by atomic mass is 32.1. The molecule has 0 aliphatic rings. The van der Waals surface area contributed by atoms with Crippen molar-refractivity contribution in [3.05, 3.63) is 50.7 Å². The van der Waals surface area contributed by atoms with E-state index in [1.165, 1.54) is 36.6 Å². The van der Waals surface area contributed by atoms with E-state index in [9.17, 15) is 19.7 Å². The standard InChI is InChI=1S/C16H17N3O5S/c1-24-14-5-4-12(19(22)23)9-13(14)18-15(20)3-2-7-17-16(21)11-6-8-25-10-11/h4-6,8-10H,2-3,7H2,1H3,(H,17,21)(H,18,20). The topological polar surface area (TPSA) is 111 Å². The van der Waals surface area contributed by atoms with E-state index >= 15 is 0 Å². The molecular weight excluding hydrogens is 346 g/mol. The van der Waals surface area contributed by atoms with Crippen molar-refractivity contribution in [1.29, 1.82) is 0 Å². The minimum atomic E-state index is -0.547. The van der Waals surface area contributed by atoms with Crippen LogP contribution in [0.2, 0.25) is 0 Å². The van der Waals surface area contributed by atoms with Gasteiger partial charge in [-0.1, -0.05) is 0 Å². The number of nitro benzene ring substituents is 1. The zero-order valence-corrected chi connectivity index (χ0v) is 14.3. The molecule has 2 rings (SSSR count). The molecule has 0 spiro atoms. The number of ether oxygens (including phenoxy) is 1. The number of non-ortho nitro benzene ring substituents is 1. The second-order valence-electron chi connectivity index (χ2n) is 5.06. The summed E-state index contributed by atoms with van der Waals surface area (Å²) >= 11 is 1.44. The van der Waals surface area contributed by atoms with E-state index in [0.29, 0.717) is 24.3 Å². The molecule has 9 heteroatoms. The molecular formula is C16H17N3O5S. The summed E-state index contributed by atoms with van der Waals surface area (Å²) in [6.07, 6.45) is 0.606. The number of rotatable bonds is 8. The van der Waals surface area contributed by atoms with Gasteiger partial charge in [0.15, 0.2) is 0 Å². The lowest BCUT2D eigenvalue weighted by Crippen LogP contribution is -2.25. The van der Waals surface area contributed by atoms with Gasteiger partial charge in [0.25, 0.3) is 11.6 Å². The maximum Gasteiger partial charge on any atom is 0.271 e. The van der Waals surface area contributed by atoms with Crippen LogP contribution in [-0.2, 0) is 4.79 Å². The zero-order valence-electron chi connectivity index (χ0n) is 13.5. The Morgan fingerprint density at radius 1 is 1.32 bits per heavy atom. The van der Waals surface area contributed by atoms with E-state index in [0.717, 1.165) is 0 Å². The van der Waals surface area contributed by atoms with Crippen molar-refractivity contribution >= 4 is 34.5 Å². The quantitative estimate of drug-likeness (QED) is 0.426. The lowest BCUT2D eigenvalue weighted by Gasteiger charge is -2.10. The average Bonchev–Trinajstić information content (AvgIpc) is 3.13. The molecule has 1 heterocycles. The highest BCUT2D eigenvalue weighted by Gasteiger charge is 2.13. The van der Waals surface area contributed by atoms with E-state index < -0.39 is 4.92 Å². The van der Waals surface area contributed by atoms with Gasteiger partial charge in [0, 0.05) is 36.0 Å². The maximum atomic E-state index is 12.0. The van der Waals surface area contributed by atoms with Gasteiger partial charge in [-0.2, -0.15) is 11.3 Å². The number of hydrogen-bond acceptors (Lipinski definition) is 6. The molecule has 0 atom stereocenters. The Morgan fingerprint density at radius 2 is 2.12 bits per heavy atom. The van der Waals surface area contributed by atoms with Crippen LogP contribution in [0.25, 0.3) is 0 Å². The lowest BCUT2D eigenvalue weighted by molar-refractivity contribution is -0.384.